The van der Waals surface area contributed by atoms with E-state index in [4.69, 9.17) is 48.8 Å². The predicted octanol–water partition coefficient (Wildman–Crippen LogP) is 8.38. The van der Waals surface area contributed by atoms with Gasteiger partial charge in [0.15, 0.2) is 0 Å². The number of nitrogens with zero attached hydrogens (tertiary/aromatic N) is 1. The van der Waals surface area contributed by atoms with Gasteiger partial charge in [-0.1, -0.05) is 57.9 Å². The van der Waals surface area contributed by atoms with Crippen molar-refractivity contribution in [1.29, 1.82) is 0 Å². The van der Waals surface area contributed by atoms with Crippen LogP contribution in [0.25, 0.3) is 11.3 Å². The van der Waals surface area contributed by atoms with Gasteiger partial charge in [-0.2, -0.15) is 0 Å². The molecule has 1 N–H and O–H groups in total. The Bertz CT molecular complexity index is 1610. The molecule has 0 saturated heterocycles. The van der Waals surface area contributed by atoms with Crippen molar-refractivity contribution in [1.82, 2.24) is 5.16 Å². The summed E-state index contributed by atoms with van der Waals surface area (Å²) in [6, 6.07) is 15.9. The van der Waals surface area contributed by atoms with Gasteiger partial charge in [0.25, 0.3) is 0 Å². The molecule has 9 heteroatoms. The molecular formula is C31H25Cl3N2O4. The third-order valence-corrected chi connectivity index (χ3v) is 7.31. The van der Waals surface area contributed by atoms with E-state index in [1.807, 2.05) is 13.0 Å². The third-order valence-electron chi connectivity index (χ3n) is 6.37. The third kappa shape index (κ3) is 6.23. The molecule has 0 spiro atoms. The molecule has 0 amide bonds. The number of esters is 1. The van der Waals surface area contributed by atoms with Crippen LogP contribution in [0.5, 0.6) is 5.75 Å². The average molecular weight is 596 g/mol. The van der Waals surface area contributed by atoms with Gasteiger partial charge in [-0.25, -0.2) is 4.79 Å². The SMILES string of the molecule is CCNc1cc(C#Cc2ccc(OCc3c(-c4c(Cl)cccc4Cl)noc3C3CC3)cc2Cl)cc(C(=O)OC)c1. The van der Waals surface area contributed by atoms with Crippen LogP contribution in [0, 0.1) is 11.8 Å². The Kier molecular flexibility index (Phi) is 8.56. The Hall–Kier alpha value is -3.63. The summed E-state index contributed by atoms with van der Waals surface area (Å²) >= 11 is 19.5. The molecule has 1 aliphatic rings. The Morgan fingerprint density at radius 2 is 1.82 bits per heavy atom. The Morgan fingerprint density at radius 1 is 1.05 bits per heavy atom. The van der Waals surface area contributed by atoms with Crippen LogP contribution >= 0.6 is 34.8 Å². The van der Waals surface area contributed by atoms with E-state index in [0.29, 0.717) is 61.2 Å². The molecule has 6 nitrogen and oxygen atoms in total. The minimum absolute atomic E-state index is 0.209. The van der Waals surface area contributed by atoms with Crippen LogP contribution < -0.4 is 10.1 Å². The van der Waals surface area contributed by atoms with Crippen molar-refractivity contribution in [2.45, 2.75) is 32.3 Å². The lowest BCUT2D eigenvalue weighted by Gasteiger charge is -2.10. The molecule has 40 heavy (non-hydrogen) atoms. The van der Waals surface area contributed by atoms with Crippen LogP contribution in [0.4, 0.5) is 5.69 Å². The van der Waals surface area contributed by atoms with Crippen molar-refractivity contribution in [3.63, 3.8) is 0 Å². The molecule has 3 aromatic carbocycles. The van der Waals surface area contributed by atoms with E-state index in [9.17, 15) is 4.79 Å². The Balaban J connectivity index is 1.37. The lowest BCUT2D eigenvalue weighted by Crippen LogP contribution is -2.04. The maximum atomic E-state index is 12.1. The topological polar surface area (TPSA) is 73.6 Å². The molecule has 1 fully saturated rings. The summed E-state index contributed by atoms with van der Waals surface area (Å²) in [7, 11) is 1.35. The maximum Gasteiger partial charge on any atom is 0.337 e. The smallest absolute Gasteiger partial charge is 0.337 e. The number of aromatic nitrogens is 1. The second kappa shape index (κ2) is 12.3. The maximum absolute atomic E-state index is 12.1. The lowest BCUT2D eigenvalue weighted by molar-refractivity contribution is 0.0600. The second-order valence-electron chi connectivity index (χ2n) is 9.25. The number of nitrogens with one attached hydrogen (secondary N) is 1. The van der Waals surface area contributed by atoms with Gasteiger partial charge in [0.1, 0.15) is 23.8 Å². The number of carbonyl (C=O) groups excluding carboxylic acids is 1. The lowest BCUT2D eigenvalue weighted by atomic mass is 10.0. The molecule has 0 atom stereocenters. The highest BCUT2D eigenvalue weighted by Gasteiger charge is 2.33. The van der Waals surface area contributed by atoms with Gasteiger partial charge >= 0.3 is 5.97 Å². The van der Waals surface area contributed by atoms with Crippen molar-refractivity contribution in [3.8, 4) is 28.8 Å². The molecule has 4 aromatic rings. The number of carbonyl (C=O) groups is 1. The largest absolute Gasteiger partial charge is 0.489 e. The number of rotatable bonds is 8. The van der Waals surface area contributed by atoms with Crippen molar-refractivity contribution in [2.75, 3.05) is 19.0 Å². The summed E-state index contributed by atoms with van der Waals surface area (Å²) in [5.41, 5.74) is 4.49. The van der Waals surface area contributed by atoms with Gasteiger partial charge in [-0.15, -0.1) is 0 Å². The van der Waals surface area contributed by atoms with Gasteiger partial charge in [0.05, 0.1) is 33.3 Å². The van der Waals surface area contributed by atoms with Crippen LogP contribution in [0.1, 0.15) is 58.5 Å². The van der Waals surface area contributed by atoms with Crippen LogP contribution in [0.3, 0.4) is 0 Å². The summed E-state index contributed by atoms with van der Waals surface area (Å²) in [4.78, 5) is 12.1. The van der Waals surface area contributed by atoms with Crippen molar-refractivity contribution >= 4 is 46.5 Å². The van der Waals surface area contributed by atoms with E-state index >= 15 is 0 Å². The molecular weight excluding hydrogens is 571 g/mol. The fourth-order valence-corrected chi connectivity index (χ4v) is 5.07. The number of hydrogen-bond acceptors (Lipinski definition) is 6. The van der Waals surface area contributed by atoms with E-state index in [1.165, 1.54) is 7.11 Å². The first-order valence-electron chi connectivity index (χ1n) is 12.7. The molecule has 0 bridgehead atoms. The van der Waals surface area contributed by atoms with Crippen molar-refractivity contribution in [2.24, 2.45) is 0 Å². The summed E-state index contributed by atoms with van der Waals surface area (Å²) in [6.07, 6.45) is 2.07. The number of hydrogen-bond donors (Lipinski definition) is 1. The zero-order chi connectivity index (χ0) is 28.2. The highest BCUT2D eigenvalue weighted by atomic mass is 35.5. The van der Waals surface area contributed by atoms with Crippen molar-refractivity contribution < 1.29 is 18.8 Å². The number of methoxy groups -OCH3 is 1. The van der Waals surface area contributed by atoms with E-state index in [0.717, 1.165) is 29.9 Å². The Labute approximate surface area is 247 Å². The minimum Gasteiger partial charge on any atom is -0.489 e. The van der Waals surface area contributed by atoms with Gasteiger partial charge in [0, 0.05) is 40.9 Å². The standard InChI is InChI=1S/C31H25Cl3N2O4/c1-3-35-22-14-18(13-21(15-22)31(37)38-2)7-8-19-11-12-23(16-27(19)34)39-17-24-29(36-40-30(24)20-9-10-20)28-25(32)5-4-6-26(28)33/h4-6,11-16,20,35H,3,9-10,17H2,1-2H3. The molecule has 1 aliphatic carbocycles. The summed E-state index contributed by atoms with van der Waals surface area (Å²) in [5, 5.41) is 8.92. The molecule has 0 aliphatic heterocycles. The summed E-state index contributed by atoms with van der Waals surface area (Å²) in [5.74, 6) is 7.42. The van der Waals surface area contributed by atoms with Gasteiger partial charge in [-0.05, 0) is 62.2 Å². The van der Waals surface area contributed by atoms with E-state index < -0.39 is 5.97 Å². The number of halogens is 3. The molecule has 1 saturated carbocycles. The van der Waals surface area contributed by atoms with E-state index in [-0.39, 0.29) is 6.61 Å². The van der Waals surface area contributed by atoms with Crippen LogP contribution in [-0.2, 0) is 11.3 Å². The summed E-state index contributed by atoms with van der Waals surface area (Å²) in [6.45, 7) is 2.89. The number of benzene rings is 3. The molecule has 204 valence electrons. The van der Waals surface area contributed by atoms with E-state index in [1.54, 1.807) is 48.5 Å². The molecule has 1 heterocycles. The highest BCUT2D eigenvalue weighted by molar-refractivity contribution is 6.39. The van der Waals surface area contributed by atoms with Gasteiger partial charge in [0.2, 0.25) is 0 Å². The van der Waals surface area contributed by atoms with Gasteiger partial charge in [-0.3, -0.25) is 0 Å². The zero-order valence-electron chi connectivity index (χ0n) is 21.8. The fourth-order valence-electron chi connectivity index (χ4n) is 4.27. The fraction of sp³-hybridized carbons (Fsp3) is 0.226. The van der Waals surface area contributed by atoms with Crippen molar-refractivity contribution in [3.05, 3.63) is 97.7 Å². The normalized spacial score (nSPS) is 12.4. The predicted molar refractivity (Wildman–Crippen MR) is 158 cm³/mol. The molecule has 5 rings (SSSR count). The van der Waals surface area contributed by atoms with Crippen LogP contribution in [0.2, 0.25) is 15.1 Å². The second-order valence-corrected chi connectivity index (χ2v) is 10.5. The van der Waals surface area contributed by atoms with Crippen LogP contribution in [0.15, 0.2) is 59.1 Å². The van der Waals surface area contributed by atoms with Crippen LogP contribution in [-0.4, -0.2) is 24.8 Å². The number of anilines is 1. The molecule has 0 unspecified atom stereocenters. The Morgan fingerprint density at radius 3 is 2.50 bits per heavy atom. The van der Waals surface area contributed by atoms with Gasteiger partial charge < -0.3 is 19.3 Å². The summed E-state index contributed by atoms with van der Waals surface area (Å²) < 4.78 is 16.7. The monoisotopic (exact) mass is 594 g/mol. The average Bonchev–Trinajstić information content (AvgIpc) is 3.71. The zero-order valence-corrected chi connectivity index (χ0v) is 24.1. The first-order valence-corrected chi connectivity index (χ1v) is 13.9. The first kappa shape index (κ1) is 27.9. The first-order chi connectivity index (χ1) is 19.4. The quantitative estimate of drug-likeness (QED) is 0.163. The number of ether oxygens (including phenoxy) is 2. The minimum atomic E-state index is -0.431. The molecule has 1 aromatic heterocycles. The highest BCUT2D eigenvalue weighted by Crippen LogP contribution is 2.46. The molecule has 0 radical (unpaired) electrons. The van der Waals surface area contributed by atoms with E-state index in [2.05, 4.69) is 22.3 Å².